The number of furan rings is 2. The van der Waals surface area contributed by atoms with Gasteiger partial charge in [0.15, 0.2) is 0 Å². The monoisotopic (exact) mass is 874 g/mol. The van der Waals surface area contributed by atoms with Crippen LogP contribution in [0.5, 0.6) is 0 Å². The highest BCUT2D eigenvalue weighted by molar-refractivity contribution is 6.29. The van der Waals surface area contributed by atoms with Crippen molar-refractivity contribution < 1.29 is 8.83 Å². The van der Waals surface area contributed by atoms with Gasteiger partial charge in [-0.3, -0.25) is 5.32 Å². The van der Waals surface area contributed by atoms with Crippen molar-refractivity contribution in [2.45, 2.75) is 60.5 Å². The summed E-state index contributed by atoms with van der Waals surface area (Å²) in [6.45, 7) is 14.5. The highest BCUT2D eigenvalue weighted by Crippen LogP contribution is 2.49. The Labute approximate surface area is 390 Å². The Morgan fingerprint density at radius 1 is 0.597 bits per heavy atom. The smallest absolute Gasteiger partial charge is 0.136 e. The van der Waals surface area contributed by atoms with Crippen LogP contribution >= 0.6 is 0 Å². The molecule has 0 spiro atoms. The average Bonchev–Trinajstić information content (AvgIpc) is 4.10. The number of hydrogen-bond donors (Lipinski definition) is 1. The van der Waals surface area contributed by atoms with Gasteiger partial charge in [0, 0.05) is 60.9 Å². The lowest BCUT2D eigenvalue weighted by molar-refractivity contribution is 0.519. The third-order valence-electron chi connectivity index (χ3n) is 13.9. The topological polar surface area (TPSA) is 72.0 Å². The molecular weight excluding hydrogens is 821 g/mol. The van der Waals surface area contributed by atoms with Crippen LogP contribution in [0.3, 0.4) is 0 Å². The molecule has 0 aliphatic rings. The highest BCUT2D eigenvalue weighted by Gasteiger charge is 2.32. The number of nitrogens with one attached hydrogen (secondary N) is 1. The molecule has 330 valence electrons. The van der Waals surface area contributed by atoms with Gasteiger partial charge in [0.2, 0.25) is 0 Å². The van der Waals surface area contributed by atoms with Gasteiger partial charge in [-0.05, 0) is 109 Å². The summed E-state index contributed by atoms with van der Waals surface area (Å²) in [6, 6.07) is 54.1. The van der Waals surface area contributed by atoms with Gasteiger partial charge in [0.1, 0.15) is 28.5 Å². The molecular formula is C61H54N4O2. The van der Waals surface area contributed by atoms with Crippen LogP contribution in [-0.2, 0) is 0 Å². The predicted octanol–water partition coefficient (Wildman–Crippen LogP) is 16.7. The zero-order valence-electron chi connectivity index (χ0n) is 39.0. The molecule has 6 nitrogen and oxygen atoms in total. The van der Waals surface area contributed by atoms with E-state index in [1.54, 1.807) is 0 Å². The van der Waals surface area contributed by atoms with Gasteiger partial charge in [0.05, 0.1) is 33.7 Å². The molecule has 6 heteroatoms. The molecule has 0 saturated carbocycles. The molecule has 0 fully saturated rings. The van der Waals surface area contributed by atoms with Crippen LogP contribution in [-0.4, -0.2) is 15.7 Å². The molecule has 1 atom stereocenters. The largest absolute Gasteiger partial charge is 0.456 e. The zero-order chi connectivity index (χ0) is 45.9. The van der Waals surface area contributed by atoms with E-state index in [-0.39, 0.29) is 18.0 Å². The molecule has 0 aliphatic carbocycles. The number of allylic oxidation sites excluding steroid dienone is 4. The van der Waals surface area contributed by atoms with Crippen molar-refractivity contribution in [2.75, 3.05) is 6.54 Å². The molecule has 0 radical (unpaired) electrons. The number of hydrogen-bond acceptors (Lipinski definition) is 4. The Morgan fingerprint density at radius 2 is 1.15 bits per heavy atom. The second-order valence-electron chi connectivity index (χ2n) is 18.4. The van der Waals surface area contributed by atoms with Crippen molar-refractivity contribution in [3.63, 3.8) is 0 Å². The number of nitriles is 1. The molecule has 0 bridgehead atoms. The first kappa shape index (κ1) is 42.1. The van der Waals surface area contributed by atoms with Crippen LogP contribution in [0.4, 0.5) is 0 Å². The number of rotatable bonds is 12. The first-order chi connectivity index (χ1) is 32.8. The first-order valence-electron chi connectivity index (χ1n) is 23.8. The summed E-state index contributed by atoms with van der Waals surface area (Å²) in [5.74, 6) is 0.274. The molecule has 11 aromatic rings. The Hall–Kier alpha value is -7.59. The average molecular weight is 875 g/mol. The lowest BCUT2D eigenvalue weighted by Crippen LogP contribution is -2.30. The van der Waals surface area contributed by atoms with Gasteiger partial charge in [-0.1, -0.05) is 132 Å². The standard InChI is InChI=1S/C61H54N4O2/c1-7-9-18-35-63-61(65-47-24-15-11-20-43(47)57-49(65)32-34-53-59(57)45-22-13-17-26-51(45)67-53)55(40-29-27-39(36-62)28-30-40)54(38(5)6)60(41(8-2)37(3)4)64-46-23-14-10-19-42(46)56-48(64)31-33-52-58(56)44-21-12-16-25-50(44)66-52/h7,9-17,19-34,37-38,61,63H,8,18,35H2,1-6H3/b9-7-,55-54-,60-41-. The van der Waals surface area contributed by atoms with E-state index in [9.17, 15) is 5.26 Å². The SMILES string of the molecule is C/C=C\CCNC(/C(=C(\C(=C(/CC)C(C)C)n1c2ccccc2c2c3c(ccc21)oc1ccccc13)C(C)C)c1ccc(C#N)cc1)n1c2ccccc2c2c3c(ccc21)oc1ccccc13. The van der Waals surface area contributed by atoms with Crippen molar-refractivity contribution in [3.05, 3.63) is 180 Å². The van der Waals surface area contributed by atoms with Crippen LogP contribution in [0.2, 0.25) is 0 Å². The molecule has 4 aromatic heterocycles. The van der Waals surface area contributed by atoms with Gasteiger partial charge < -0.3 is 18.0 Å². The van der Waals surface area contributed by atoms with Crippen molar-refractivity contribution >= 4 is 98.8 Å². The summed E-state index contributed by atoms with van der Waals surface area (Å²) in [4.78, 5) is 0. The second-order valence-corrected chi connectivity index (χ2v) is 18.4. The number of fused-ring (bicyclic) bond motifs is 14. The Kier molecular flexibility index (Phi) is 10.7. The molecule has 67 heavy (non-hydrogen) atoms. The number of aromatic nitrogens is 2. The Morgan fingerprint density at radius 3 is 1.73 bits per heavy atom. The maximum absolute atomic E-state index is 10.2. The van der Waals surface area contributed by atoms with Gasteiger partial charge in [-0.2, -0.15) is 5.26 Å². The van der Waals surface area contributed by atoms with E-state index in [1.165, 1.54) is 44.0 Å². The van der Waals surface area contributed by atoms with Crippen LogP contribution in [0.25, 0.3) is 98.8 Å². The van der Waals surface area contributed by atoms with Crippen molar-refractivity contribution in [1.29, 1.82) is 5.26 Å². The van der Waals surface area contributed by atoms with E-state index in [1.807, 2.05) is 24.3 Å². The summed E-state index contributed by atoms with van der Waals surface area (Å²) in [5.41, 5.74) is 14.8. The number of nitrogens with zero attached hydrogens (tertiary/aromatic N) is 3. The quantitative estimate of drug-likeness (QED) is 0.0754. The minimum atomic E-state index is -0.355. The molecule has 11 rings (SSSR count). The normalized spacial score (nSPS) is 13.8. The van der Waals surface area contributed by atoms with E-state index < -0.39 is 0 Å². The van der Waals surface area contributed by atoms with Crippen LogP contribution in [0, 0.1) is 23.2 Å². The fourth-order valence-corrected chi connectivity index (χ4v) is 11.1. The fourth-order valence-electron chi connectivity index (χ4n) is 11.1. The number of para-hydroxylation sites is 4. The number of benzene rings is 7. The van der Waals surface area contributed by atoms with Crippen molar-refractivity contribution in [3.8, 4) is 6.07 Å². The summed E-state index contributed by atoms with van der Waals surface area (Å²) < 4.78 is 18.2. The lowest BCUT2D eigenvalue weighted by Gasteiger charge is -2.33. The minimum Gasteiger partial charge on any atom is -0.456 e. The predicted molar refractivity (Wildman–Crippen MR) is 281 cm³/mol. The maximum atomic E-state index is 10.2. The molecule has 4 heterocycles. The molecule has 1 N–H and O–H groups in total. The van der Waals surface area contributed by atoms with E-state index in [0.29, 0.717) is 5.56 Å². The van der Waals surface area contributed by atoms with Gasteiger partial charge in [-0.25, -0.2) is 0 Å². The Bertz CT molecular complexity index is 3850. The summed E-state index contributed by atoms with van der Waals surface area (Å²) in [5, 5.41) is 23.6. The highest BCUT2D eigenvalue weighted by atomic mass is 16.3. The molecule has 0 amide bonds. The van der Waals surface area contributed by atoms with Gasteiger partial charge in [0.25, 0.3) is 0 Å². The van der Waals surface area contributed by atoms with Gasteiger partial charge >= 0.3 is 0 Å². The van der Waals surface area contributed by atoms with Crippen molar-refractivity contribution in [1.82, 2.24) is 14.5 Å². The molecule has 1 unspecified atom stereocenters. The van der Waals surface area contributed by atoms with Gasteiger partial charge in [-0.15, -0.1) is 0 Å². The fraction of sp³-hybridized carbons (Fsp3) is 0.197. The summed E-state index contributed by atoms with van der Waals surface area (Å²) in [6.07, 6.45) is 5.73. The lowest BCUT2D eigenvalue weighted by atomic mass is 9.83. The summed E-state index contributed by atoms with van der Waals surface area (Å²) in [7, 11) is 0. The zero-order valence-corrected chi connectivity index (χ0v) is 39.0. The molecule has 0 saturated heterocycles. The van der Waals surface area contributed by atoms with Crippen LogP contribution in [0.15, 0.2) is 178 Å². The molecule has 0 aliphatic heterocycles. The Balaban J connectivity index is 1.32. The minimum absolute atomic E-state index is 0.0492. The van der Waals surface area contributed by atoms with E-state index in [2.05, 4.69) is 196 Å². The second kappa shape index (κ2) is 17.0. The van der Waals surface area contributed by atoms with E-state index in [0.717, 1.165) is 90.9 Å². The van der Waals surface area contributed by atoms with Crippen LogP contribution < -0.4 is 5.32 Å². The molecule has 7 aromatic carbocycles. The first-order valence-corrected chi connectivity index (χ1v) is 23.8. The third kappa shape index (κ3) is 6.71. The third-order valence-corrected chi connectivity index (χ3v) is 13.9. The maximum Gasteiger partial charge on any atom is 0.136 e. The van der Waals surface area contributed by atoms with Crippen molar-refractivity contribution in [2.24, 2.45) is 11.8 Å². The van der Waals surface area contributed by atoms with Crippen LogP contribution in [0.1, 0.15) is 71.7 Å². The van der Waals surface area contributed by atoms with E-state index in [4.69, 9.17) is 8.83 Å². The summed E-state index contributed by atoms with van der Waals surface area (Å²) >= 11 is 0. The van der Waals surface area contributed by atoms with E-state index >= 15 is 0 Å².